The van der Waals surface area contributed by atoms with E-state index >= 15 is 0 Å². The van der Waals surface area contributed by atoms with Crippen molar-refractivity contribution in [2.45, 2.75) is 31.9 Å². The Kier molecular flexibility index (Phi) is 6.00. The van der Waals surface area contributed by atoms with Gasteiger partial charge in [-0.2, -0.15) is 0 Å². The molecule has 3 aromatic rings. The highest BCUT2D eigenvalue weighted by atomic mass is 79.9. The molecular weight excluding hydrogens is 494 g/mol. The summed E-state index contributed by atoms with van der Waals surface area (Å²) in [6.45, 7) is 2.35. The smallest absolute Gasteiger partial charge is 0.295 e. The van der Waals surface area contributed by atoms with E-state index in [1.807, 2.05) is 73.7 Å². The first-order chi connectivity index (χ1) is 16.4. The number of ketones is 1. The summed E-state index contributed by atoms with van der Waals surface area (Å²) in [5.41, 5.74) is 3.45. The van der Waals surface area contributed by atoms with Crippen LogP contribution in [-0.4, -0.2) is 34.3 Å². The Hall–Kier alpha value is -3.38. The predicted molar refractivity (Wildman–Crippen MR) is 134 cm³/mol. The van der Waals surface area contributed by atoms with Gasteiger partial charge in [-0.1, -0.05) is 58.4 Å². The molecular formula is C28H24BrNO4. The van der Waals surface area contributed by atoms with Crippen LogP contribution in [0.3, 0.4) is 0 Å². The Bertz CT molecular complexity index is 1300. The number of Topliss-reactive ketones (excluding diaryl/α,β-unsaturated/α-hetero) is 1. The molecule has 5 nitrogen and oxygen atoms in total. The minimum absolute atomic E-state index is 0.0673. The van der Waals surface area contributed by atoms with Crippen molar-refractivity contribution in [3.05, 3.63) is 105 Å². The number of ether oxygens (including phenoxy) is 1. The number of benzene rings is 3. The first-order valence-corrected chi connectivity index (χ1v) is 12.1. The molecule has 1 fully saturated rings. The number of amides is 1. The van der Waals surface area contributed by atoms with Gasteiger partial charge in [-0.15, -0.1) is 0 Å². The molecule has 3 aromatic carbocycles. The quantitative estimate of drug-likeness (QED) is 0.278. The molecule has 0 aliphatic carbocycles. The number of nitrogens with zero attached hydrogens (tertiary/aromatic N) is 1. The van der Waals surface area contributed by atoms with Crippen molar-refractivity contribution >= 4 is 33.4 Å². The summed E-state index contributed by atoms with van der Waals surface area (Å²) in [6, 6.07) is 22.1. The second kappa shape index (κ2) is 9.11. The molecule has 1 N–H and O–H groups in total. The predicted octanol–water partition coefficient (Wildman–Crippen LogP) is 5.44. The highest BCUT2D eigenvalue weighted by molar-refractivity contribution is 9.10. The van der Waals surface area contributed by atoms with Crippen LogP contribution in [0.15, 0.2) is 82.8 Å². The number of carbonyl (C=O) groups excluding carboxylic acids is 2. The van der Waals surface area contributed by atoms with E-state index in [0.717, 1.165) is 33.3 Å². The fourth-order valence-electron chi connectivity index (χ4n) is 4.75. The number of likely N-dealkylation sites (tertiary alicyclic amines) is 1. The maximum absolute atomic E-state index is 13.3. The van der Waals surface area contributed by atoms with E-state index in [9.17, 15) is 14.7 Å². The van der Waals surface area contributed by atoms with Gasteiger partial charge in [-0.3, -0.25) is 9.59 Å². The lowest BCUT2D eigenvalue weighted by Crippen LogP contribution is -2.31. The zero-order valence-corrected chi connectivity index (χ0v) is 20.3. The van der Waals surface area contributed by atoms with Crippen LogP contribution < -0.4 is 4.74 Å². The molecule has 0 spiro atoms. The van der Waals surface area contributed by atoms with Crippen LogP contribution in [0.1, 0.15) is 35.2 Å². The van der Waals surface area contributed by atoms with Crippen molar-refractivity contribution in [2.24, 2.45) is 0 Å². The van der Waals surface area contributed by atoms with Gasteiger partial charge in [0.1, 0.15) is 17.6 Å². The highest BCUT2D eigenvalue weighted by Gasteiger charge is 2.46. The van der Waals surface area contributed by atoms with E-state index in [0.29, 0.717) is 18.5 Å². The standard InChI is InChI=1S/C28H24BrNO4/c1-17-14-21-15-20(10-11-23(21)34-17)26(31)24-25(19-8-5-9-22(29)16-19)30(28(33)27(24)32)13-12-18-6-3-2-4-7-18/h2-11,15-17,25,31H,12-14H2,1H3/b26-24+/t17-,25-/m1/s1. The van der Waals surface area contributed by atoms with Crippen LogP contribution in [0, 0.1) is 0 Å². The van der Waals surface area contributed by atoms with Crippen molar-refractivity contribution in [2.75, 3.05) is 6.54 Å². The maximum atomic E-state index is 13.3. The Balaban J connectivity index is 1.58. The topological polar surface area (TPSA) is 66.8 Å². The molecule has 0 unspecified atom stereocenters. The molecule has 2 atom stereocenters. The number of aliphatic hydroxyl groups is 1. The first kappa shape index (κ1) is 22.4. The summed E-state index contributed by atoms with van der Waals surface area (Å²) in [5, 5.41) is 11.3. The summed E-state index contributed by atoms with van der Waals surface area (Å²) in [7, 11) is 0. The molecule has 0 radical (unpaired) electrons. The van der Waals surface area contributed by atoms with Gasteiger partial charge in [0.2, 0.25) is 0 Å². The van der Waals surface area contributed by atoms with E-state index in [-0.39, 0.29) is 17.4 Å². The third kappa shape index (κ3) is 4.14. The average Bonchev–Trinajstić information content (AvgIpc) is 3.33. The molecule has 0 aromatic heterocycles. The molecule has 1 amide bonds. The fourth-order valence-corrected chi connectivity index (χ4v) is 5.17. The Morgan fingerprint density at radius 2 is 1.85 bits per heavy atom. The van der Waals surface area contributed by atoms with Gasteiger partial charge in [0.25, 0.3) is 11.7 Å². The number of hydrogen-bond acceptors (Lipinski definition) is 4. The normalized spacial score (nSPS) is 20.9. The van der Waals surface area contributed by atoms with Gasteiger partial charge in [0, 0.05) is 23.0 Å². The van der Waals surface area contributed by atoms with Gasteiger partial charge < -0.3 is 14.7 Å². The molecule has 6 heteroatoms. The Morgan fingerprint density at radius 1 is 1.06 bits per heavy atom. The van der Waals surface area contributed by atoms with Crippen LogP contribution in [0.4, 0.5) is 0 Å². The van der Waals surface area contributed by atoms with Crippen molar-refractivity contribution in [3.63, 3.8) is 0 Å². The highest BCUT2D eigenvalue weighted by Crippen LogP contribution is 2.41. The van der Waals surface area contributed by atoms with Gasteiger partial charge in [0.05, 0.1) is 11.6 Å². The van der Waals surface area contributed by atoms with Crippen LogP contribution >= 0.6 is 15.9 Å². The molecule has 1 saturated heterocycles. The number of rotatable bonds is 5. The van der Waals surface area contributed by atoms with E-state index in [2.05, 4.69) is 15.9 Å². The molecule has 0 saturated carbocycles. The van der Waals surface area contributed by atoms with Crippen molar-refractivity contribution < 1.29 is 19.4 Å². The van der Waals surface area contributed by atoms with E-state index in [1.165, 1.54) is 0 Å². The second-order valence-electron chi connectivity index (χ2n) is 8.74. The number of halogens is 1. The van der Waals surface area contributed by atoms with Gasteiger partial charge in [0.15, 0.2) is 0 Å². The SMILES string of the molecule is C[C@@H]1Cc2cc(/C(O)=C3\C(=O)C(=O)N(CCc4ccccc4)[C@@H]3c3cccc(Br)c3)ccc2O1. The second-order valence-corrected chi connectivity index (χ2v) is 9.65. The van der Waals surface area contributed by atoms with Crippen molar-refractivity contribution in [3.8, 4) is 5.75 Å². The average molecular weight is 518 g/mol. The van der Waals surface area contributed by atoms with Crippen molar-refractivity contribution in [1.82, 2.24) is 4.90 Å². The van der Waals surface area contributed by atoms with Gasteiger partial charge in [-0.25, -0.2) is 0 Å². The Morgan fingerprint density at radius 3 is 2.62 bits per heavy atom. The zero-order chi connectivity index (χ0) is 23.8. The minimum Gasteiger partial charge on any atom is -0.507 e. The lowest BCUT2D eigenvalue weighted by atomic mass is 9.94. The maximum Gasteiger partial charge on any atom is 0.295 e. The summed E-state index contributed by atoms with van der Waals surface area (Å²) in [4.78, 5) is 28.0. The molecule has 5 rings (SSSR count). The van der Waals surface area contributed by atoms with Crippen LogP contribution in [-0.2, 0) is 22.4 Å². The number of aliphatic hydroxyl groups excluding tert-OH is 1. The van der Waals surface area contributed by atoms with Crippen molar-refractivity contribution in [1.29, 1.82) is 0 Å². The minimum atomic E-state index is -0.676. The lowest BCUT2D eigenvalue weighted by Gasteiger charge is -2.25. The van der Waals surface area contributed by atoms with E-state index in [4.69, 9.17) is 4.74 Å². The zero-order valence-electron chi connectivity index (χ0n) is 18.7. The Labute approximate surface area is 206 Å². The molecule has 2 aliphatic rings. The molecule has 0 bridgehead atoms. The molecule has 2 aliphatic heterocycles. The monoisotopic (exact) mass is 517 g/mol. The first-order valence-electron chi connectivity index (χ1n) is 11.3. The molecule has 2 heterocycles. The van der Waals surface area contributed by atoms with Crippen LogP contribution in [0.5, 0.6) is 5.75 Å². The third-order valence-electron chi connectivity index (χ3n) is 6.36. The van der Waals surface area contributed by atoms with Crippen LogP contribution in [0.25, 0.3) is 5.76 Å². The lowest BCUT2D eigenvalue weighted by molar-refractivity contribution is -0.139. The molecule has 34 heavy (non-hydrogen) atoms. The fraction of sp³-hybridized carbons (Fsp3) is 0.214. The number of hydrogen-bond donors (Lipinski definition) is 1. The summed E-state index contributed by atoms with van der Waals surface area (Å²) in [6.07, 6.45) is 1.40. The number of carbonyl (C=O) groups is 2. The third-order valence-corrected chi connectivity index (χ3v) is 6.85. The number of fused-ring (bicyclic) bond motifs is 1. The molecule has 172 valence electrons. The summed E-state index contributed by atoms with van der Waals surface area (Å²) in [5.74, 6) is -0.634. The van der Waals surface area contributed by atoms with Crippen LogP contribution in [0.2, 0.25) is 0 Å². The largest absolute Gasteiger partial charge is 0.507 e. The summed E-state index contributed by atoms with van der Waals surface area (Å²) < 4.78 is 6.60. The summed E-state index contributed by atoms with van der Waals surface area (Å²) >= 11 is 3.50. The van der Waals surface area contributed by atoms with E-state index in [1.54, 1.807) is 11.0 Å². The van der Waals surface area contributed by atoms with E-state index < -0.39 is 17.7 Å². The van der Waals surface area contributed by atoms with Gasteiger partial charge >= 0.3 is 0 Å². The van der Waals surface area contributed by atoms with Gasteiger partial charge in [-0.05, 0) is 60.4 Å².